The van der Waals surface area contributed by atoms with E-state index in [1.165, 1.54) is 4.88 Å². The highest BCUT2D eigenvalue weighted by atomic mass is 35.5. The molecule has 0 saturated heterocycles. The average molecular weight is 247 g/mol. The molecule has 1 aromatic heterocycles. The van der Waals surface area contributed by atoms with Crippen molar-refractivity contribution >= 4 is 22.9 Å². The zero-order valence-electron chi connectivity index (χ0n) is 9.59. The summed E-state index contributed by atoms with van der Waals surface area (Å²) in [6.07, 6.45) is 1.06. The maximum atomic E-state index is 5.91. The number of nitrogens with one attached hydrogen (secondary N) is 1. The van der Waals surface area contributed by atoms with Gasteiger partial charge in [-0.05, 0) is 39.2 Å². The number of hydrogen-bond donors (Lipinski definition) is 1. The average Bonchev–Trinajstić information content (AvgIpc) is 2.50. The van der Waals surface area contributed by atoms with E-state index < -0.39 is 0 Å². The molecule has 86 valence electrons. The van der Waals surface area contributed by atoms with Crippen molar-refractivity contribution in [3.05, 3.63) is 21.3 Å². The van der Waals surface area contributed by atoms with Crippen molar-refractivity contribution in [2.45, 2.75) is 19.4 Å². The van der Waals surface area contributed by atoms with Crippen LogP contribution in [-0.2, 0) is 6.42 Å². The first-order chi connectivity index (χ1) is 7.11. The third kappa shape index (κ3) is 4.98. The van der Waals surface area contributed by atoms with Gasteiger partial charge in [-0.3, -0.25) is 0 Å². The van der Waals surface area contributed by atoms with E-state index >= 15 is 0 Å². The maximum absolute atomic E-state index is 5.91. The van der Waals surface area contributed by atoms with Crippen LogP contribution >= 0.6 is 22.9 Å². The molecule has 1 atom stereocenters. The summed E-state index contributed by atoms with van der Waals surface area (Å²) in [5.41, 5.74) is 0. The van der Waals surface area contributed by atoms with E-state index in [-0.39, 0.29) is 0 Å². The zero-order valence-corrected chi connectivity index (χ0v) is 11.2. The molecular formula is C11H19ClN2S. The van der Waals surface area contributed by atoms with E-state index in [1.54, 1.807) is 11.3 Å². The van der Waals surface area contributed by atoms with Gasteiger partial charge in [0.2, 0.25) is 0 Å². The Hall–Kier alpha value is -0.0900. The van der Waals surface area contributed by atoms with Gasteiger partial charge in [-0.2, -0.15) is 0 Å². The van der Waals surface area contributed by atoms with E-state index in [0.29, 0.717) is 6.04 Å². The Morgan fingerprint density at radius 1 is 1.47 bits per heavy atom. The number of hydrogen-bond acceptors (Lipinski definition) is 3. The van der Waals surface area contributed by atoms with E-state index in [9.17, 15) is 0 Å². The molecule has 0 aromatic carbocycles. The first kappa shape index (κ1) is 13.0. The first-order valence-corrected chi connectivity index (χ1v) is 6.43. The van der Waals surface area contributed by atoms with Crippen LogP contribution in [0, 0.1) is 0 Å². The third-order valence-corrected chi connectivity index (χ3v) is 3.41. The fourth-order valence-electron chi connectivity index (χ4n) is 1.64. The van der Waals surface area contributed by atoms with E-state index in [0.717, 1.165) is 23.8 Å². The van der Waals surface area contributed by atoms with Gasteiger partial charge in [-0.25, -0.2) is 0 Å². The molecule has 0 radical (unpaired) electrons. The summed E-state index contributed by atoms with van der Waals surface area (Å²) in [6.45, 7) is 4.21. The van der Waals surface area contributed by atoms with Gasteiger partial charge in [0.05, 0.1) is 4.34 Å². The highest BCUT2D eigenvalue weighted by Gasteiger charge is 2.10. The molecule has 0 saturated carbocycles. The van der Waals surface area contributed by atoms with Crippen molar-refractivity contribution in [2.75, 3.05) is 27.2 Å². The normalized spacial score (nSPS) is 13.4. The standard InChI is InChI=1S/C11H19ClN2S/c1-4-13-9(8-14(2)3)7-10-5-6-11(12)15-10/h5-6,9,13H,4,7-8H2,1-3H3. The van der Waals surface area contributed by atoms with Crippen LogP contribution < -0.4 is 5.32 Å². The molecule has 1 heterocycles. The molecule has 2 nitrogen and oxygen atoms in total. The molecule has 0 aliphatic rings. The van der Waals surface area contributed by atoms with Gasteiger partial charge in [0.25, 0.3) is 0 Å². The molecule has 0 aliphatic carbocycles. The van der Waals surface area contributed by atoms with Gasteiger partial charge in [0.15, 0.2) is 0 Å². The summed E-state index contributed by atoms with van der Waals surface area (Å²) in [6, 6.07) is 4.60. The summed E-state index contributed by atoms with van der Waals surface area (Å²) in [5.74, 6) is 0. The fourth-order valence-corrected chi connectivity index (χ4v) is 2.80. The Kier molecular flexibility index (Phi) is 5.61. The molecule has 0 fully saturated rings. The van der Waals surface area contributed by atoms with Crippen molar-refractivity contribution in [3.63, 3.8) is 0 Å². The monoisotopic (exact) mass is 246 g/mol. The highest BCUT2D eigenvalue weighted by Crippen LogP contribution is 2.22. The Morgan fingerprint density at radius 3 is 2.67 bits per heavy atom. The Bertz CT molecular complexity index is 286. The van der Waals surface area contributed by atoms with Crippen LogP contribution in [0.4, 0.5) is 0 Å². The zero-order chi connectivity index (χ0) is 11.3. The summed E-state index contributed by atoms with van der Waals surface area (Å²) in [7, 11) is 4.21. The lowest BCUT2D eigenvalue weighted by molar-refractivity contribution is 0.340. The van der Waals surface area contributed by atoms with Gasteiger partial charge >= 0.3 is 0 Å². The van der Waals surface area contributed by atoms with Crippen LogP contribution in [0.15, 0.2) is 12.1 Å². The van der Waals surface area contributed by atoms with Crippen LogP contribution in [0.1, 0.15) is 11.8 Å². The number of halogens is 1. The van der Waals surface area contributed by atoms with Crippen molar-refractivity contribution in [1.82, 2.24) is 10.2 Å². The van der Waals surface area contributed by atoms with Crippen LogP contribution in [0.2, 0.25) is 4.34 Å². The molecule has 0 spiro atoms. The Morgan fingerprint density at radius 2 is 2.20 bits per heavy atom. The van der Waals surface area contributed by atoms with Gasteiger partial charge in [0.1, 0.15) is 0 Å². The molecule has 1 aromatic rings. The summed E-state index contributed by atoms with van der Waals surface area (Å²) in [5, 5.41) is 3.49. The molecule has 1 N–H and O–H groups in total. The first-order valence-electron chi connectivity index (χ1n) is 5.24. The van der Waals surface area contributed by atoms with Gasteiger partial charge in [-0.1, -0.05) is 18.5 Å². The number of rotatable bonds is 6. The van der Waals surface area contributed by atoms with Crippen molar-refractivity contribution in [1.29, 1.82) is 0 Å². The molecule has 1 rings (SSSR count). The van der Waals surface area contributed by atoms with E-state index in [2.05, 4.69) is 37.3 Å². The predicted octanol–water partition coefficient (Wildman–Crippen LogP) is 2.48. The lowest BCUT2D eigenvalue weighted by atomic mass is 10.1. The smallest absolute Gasteiger partial charge is 0.0931 e. The molecule has 0 bridgehead atoms. The second kappa shape index (κ2) is 6.48. The van der Waals surface area contributed by atoms with E-state index in [1.807, 2.05) is 6.07 Å². The highest BCUT2D eigenvalue weighted by molar-refractivity contribution is 7.16. The summed E-state index contributed by atoms with van der Waals surface area (Å²) < 4.78 is 0.880. The minimum Gasteiger partial charge on any atom is -0.313 e. The lowest BCUT2D eigenvalue weighted by Gasteiger charge is -2.21. The molecule has 0 aliphatic heterocycles. The number of nitrogens with zero attached hydrogens (tertiary/aromatic N) is 1. The van der Waals surface area contributed by atoms with E-state index in [4.69, 9.17) is 11.6 Å². The van der Waals surface area contributed by atoms with Gasteiger partial charge in [-0.15, -0.1) is 11.3 Å². The van der Waals surface area contributed by atoms with Crippen molar-refractivity contribution in [3.8, 4) is 0 Å². The molecule has 15 heavy (non-hydrogen) atoms. The van der Waals surface area contributed by atoms with Crippen LogP contribution in [0.5, 0.6) is 0 Å². The number of likely N-dealkylation sites (N-methyl/N-ethyl adjacent to an activating group) is 2. The second-order valence-electron chi connectivity index (χ2n) is 3.93. The van der Waals surface area contributed by atoms with Crippen LogP contribution in [0.25, 0.3) is 0 Å². The molecular weight excluding hydrogens is 228 g/mol. The molecule has 4 heteroatoms. The Labute approximate surface area is 101 Å². The van der Waals surface area contributed by atoms with Crippen molar-refractivity contribution < 1.29 is 0 Å². The second-order valence-corrected chi connectivity index (χ2v) is 5.73. The van der Waals surface area contributed by atoms with Crippen LogP contribution in [-0.4, -0.2) is 38.1 Å². The summed E-state index contributed by atoms with van der Waals surface area (Å²) in [4.78, 5) is 3.57. The fraction of sp³-hybridized carbons (Fsp3) is 0.636. The topological polar surface area (TPSA) is 15.3 Å². The summed E-state index contributed by atoms with van der Waals surface area (Å²) >= 11 is 7.59. The molecule has 1 unspecified atom stereocenters. The van der Waals surface area contributed by atoms with Gasteiger partial charge in [0, 0.05) is 17.5 Å². The maximum Gasteiger partial charge on any atom is 0.0931 e. The predicted molar refractivity (Wildman–Crippen MR) is 69.1 cm³/mol. The SMILES string of the molecule is CCNC(Cc1ccc(Cl)s1)CN(C)C. The minimum absolute atomic E-state index is 0.514. The van der Waals surface area contributed by atoms with Gasteiger partial charge < -0.3 is 10.2 Å². The number of thiophene rings is 1. The van der Waals surface area contributed by atoms with Crippen LogP contribution in [0.3, 0.4) is 0 Å². The molecule has 0 amide bonds. The minimum atomic E-state index is 0.514. The third-order valence-electron chi connectivity index (χ3n) is 2.15. The largest absolute Gasteiger partial charge is 0.313 e. The Balaban J connectivity index is 2.50. The van der Waals surface area contributed by atoms with Crippen molar-refractivity contribution in [2.24, 2.45) is 0 Å². The quantitative estimate of drug-likeness (QED) is 0.830. The lowest BCUT2D eigenvalue weighted by Crippen LogP contribution is -2.39.